The summed E-state index contributed by atoms with van der Waals surface area (Å²) >= 11 is 0. The van der Waals surface area contributed by atoms with E-state index < -0.39 is 0 Å². The number of carbonyl (C=O) groups excluding carboxylic acids is 1. The van der Waals surface area contributed by atoms with Crippen molar-refractivity contribution >= 4 is 11.7 Å². The van der Waals surface area contributed by atoms with Crippen molar-refractivity contribution in [2.24, 2.45) is 4.99 Å². The van der Waals surface area contributed by atoms with Gasteiger partial charge in [0.05, 0.1) is 6.61 Å². The van der Waals surface area contributed by atoms with E-state index in [1.54, 1.807) is 26.1 Å². The molecule has 0 aliphatic heterocycles. The summed E-state index contributed by atoms with van der Waals surface area (Å²) in [5, 5.41) is 0. The second kappa shape index (κ2) is 10.7. The van der Waals surface area contributed by atoms with Gasteiger partial charge in [0.25, 0.3) is 0 Å². The molecule has 0 fully saturated rings. The summed E-state index contributed by atoms with van der Waals surface area (Å²) in [5.74, 6) is -0.379. The number of esters is 1. The first-order valence-corrected chi connectivity index (χ1v) is 5.12. The van der Waals surface area contributed by atoms with Gasteiger partial charge in [-0.25, -0.2) is 4.79 Å². The number of rotatable bonds is 4. The van der Waals surface area contributed by atoms with Crippen molar-refractivity contribution in [2.45, 2.75) is 34.6 Å². The lowest BCUT2D eigenvalue weighted by atomic mass is 10.3. The number of hydrogen-bond donors (Lipinski definition) is 0. The average molecular weight is 211 g/mol. The third-order valence-electron chi connectivity index (χ3n) is 1.35. The minimum Gasteiger partial charge on any atom is -0.462 e. The zero-order valence-corrected chi connectivity index (χ0v) is 10.3. The predicted molar refractivity (Wildman–Crippen MR) is 65.0 cm³/mol. The van der Waals surface area contributed by atoms with Gasteiger partial charge in [0.2, 0.25) is 0 Å². The van der Waals surface area contributed by atoms with Gasteiger partial charge in [0, 0.05) is 6.20 Å². The van der Waals surface area contributed by atoms with E-state index in [-0.39, 0.29) is 5.97 Å². The smallest absolute Gasteiger partial charge is 0.352 e. The molecule has 0 amide bonds. The first-order valence-electron chi connectivity index (χ1n) is 5.12. The molecule has 0 radical (unpaired) electrons. The average Bonchev–Trinajstić information content (AvgIpc) is 2.28. The van der Waals surface area contributed by atoms with Crippen LogP contribution >= 0.6 is 0 Å². The van der Waals surface area contributed by atoms with Crippen LogP contribution in [0.15, 0.2) is 29.4 Å². The van der Waals surface area contributed by atoms with Gasteiger partial charge in [-0.2, -0.15) is 0 Å². The fraction of sp³-hybridized carbons (Fsp3) is 0.500. The fourth-order valence-electron chi connectivity index (χ4n) is 0.540. The molecule has 0 atom stereocenters. The Morgan fingerprint density at radius 1 is 1.40 bits per heavy atom. The van der Waals surface area contributed by atoms with E-state index in [0.717, 1.165) is 5.57 Å². The Labute approximate surface area is 92.6 Å². The Hall–Kier alpha value is -1.38. The molecule has 15 heavy (non-hydrogen) atoms. The van der Waals surface area contributed by atoms with Gasteiger partial charge >= 0.3 is 5.97 Å². The van der Waals surface area contributed by atoms with Crippen molar-refractivity contribution in [1.29, 1.82) is 0 Å². The van der Waals surface area contributed by atoms with Crippen molar-refractivity contribution in [1.82, 2.24) is 0 Å². The molecule has 0 aliphatic carbocycles. The summed E-state index contributed by atoms with van der Waals surface area (Å²) in [7, 11) is 0. The van der Waals surface area contributed by atoms with Crippen molar-refractivity contribution in [3.63, 3.8) is 0 Å². The highest BCUT2D eigenvalue weighted by Gasteiger charge is 2.03. The summed E-state index contributed by atoms with van der Waals surface area (Å²) < 4.78 is 4.74. The highest BCUT2D eigenvalue weighted by atomic mass is 16.5. The van der Waals surface area contributed by atoms with Crippen LogP contribution in [0.5, 0.6) is 0 Å². The van der Waals surface area contributed by atoms with Crippen molar-refractivity contribution in [3.8, 4) is 0 Å². The van der Waals surface area contributed by atoms with Gasteiger partial charge in [-0.05, 0) is 26.3 Å². The second-order valence-electron chi connectivity index (χ2n) is 2.51. The minimum absolute atomic E-state index is 0.350. The summed E-state index contributed by atoms with van der Waals surface area (Å²) in [4.78, 5) is 15.0. The van der Waals surface area contributed by atoms with E-state index in [1.807, 2.05) is 20.8 Å². The molecule has 0 saturated carbocycles. The number of hydrogen-bond acceptors (Lipinski definition) is 3. The molecule has 0 N–H and O–H groups in total. The number of nitrogens with zero attached hydrogens (tertiary/aromatic N) is 1. The molecule has 0 spiro atoms. The Morgan fingerprint density at radius 2 is 1.93 bits per heavy atom. The molecule has 0 rings (SSSR count). The fourth-order valence-corrected chi connectivity index (χ4v) is 0.540. The standard InChI is InChI=1S/C10H15NO2.C2H6/c1-5-8(3)7-11-9(4)10(12)13-6-2;1-2/h5,7H,1,6H2,2-4H3;1-2H3/b8-7-,11-9?;. The molecule has 86 valence electrons. The van der Waals surface area contributed by atoms with E-state index >= 15 is 0 Å². The Kier molecular flexibility index (Phi) is 11.5. The maximum absolute atomic E-state index is 11.0. The largest absolute Gasteiger partial charge is 0.462 e. The third kappa shape index (κ3) is 8.94. The maximum Gasteiger partial charge on any atom is 0.352 e. The van der Waals surface area contributed by atoms with Crippen molar-refractivity contribution < 1.29 is 9.53 Å². The number of allylic oxidation sites excluding steroid dienone is 2. The molecule has 0 aromatic heterocycles. The Bertz CT molecular complexity index is 252. The second-order valence-corrected chi connectivity index (χ2v) is 2.51. The minimum atomic E-state index is -0.379. The van der Waals surface area contributed by atoms with E-state index in [9.17, 15) is 4.79 Å². The molecule has 0 heterocycles. The van der Waals surface area contributed by atoms with E-state index in [0.29, 0.717) is 12.3 Å². The van der Waals surface area contributed by atoms with Crippen LogP contribution in [0.25, 0.3) is 0 Å². The Morgan fingerprint density at radius 3 is 2.33 bits per heavy atom. The topological polar surface area (TPSA) is 38.7 Å². The van der Waals surface area contributed by atoms with Gasteiger partial charge in [-0.1, -0.05) is 26.5 Å². The SMILES string of the molecule is C=C/C(C)=C\N=C(C)C(=O)OCC.CC. The quantitative estimate of drug-likeness (QED) is 0.407. The molecular formula is C12H21NO2. The Balaban J connectivity index is 0. The van der Waals surface area contributed by atoms with Crippen LogP contribution < -0.4 is 0 Å². The molecular weight excluding hydrogens is 190 g/mol. The molecule has 0 aromatic rings. The van der Waals surface area contributed by atoms with Gasteiger partial charge in [-0.3, -0.25) is 4.99 Å². The first kappa shape index (κ1) is 16.1. The summed E-state index contributed by atoms with van der Waals surface area (Å²) in [6.07, 6.45) is 3.25. The van der Waals surface area contributed by atoms with E-state index in [4.69, 9.17) is 4.74 Å². The van der Waals surface area contributed by atoms with Gasteiger partial charge < -0.3 is 4.74 Å². The number of ether oxygens (including phenoxy) is 1. The lowest BCUT2D eigenvalue weighted by Gasteiger charge is -1.98. The summed E-state index contributed by atoms with van der Waals surface area (Å²) in [6, 6.07) is 0. The molecule has 0 bridgehead atoms. The summed E-state index contributed by atoms with van der Waals surface area (Å²) in [6.45, 7) is 13.2. The molecule has 0 saturated heterocycles. The highest BCUT2D eigenvalue weighted by molar-refractivity contribution is 6.35. The van der Waals surface area contributed by atoms with Crippen molar-refractivity contribution in [2.75, 3.05) is 6.61 Å². The highest BCUT2D eigenvalue weighted by Crippen LogP contribution is 1.94. The van der Waals surface area contributed by atoms with Crippen LogP contribution in [0.4, 0.5) is 0 Å². The molecule has 0 unspecified atom stereocenters. The number of aliphatic imine (C=N–C) groups is 1. The monoisotopic (exact) mass is 211 g/mol. The molecule has 0 aromatic carbocycles. The maximum atomic E-state index is 11.0. The van der Waals surface area contributed by atoms with Crippen LogP contribution in [0.1, 0.15) is 34.6 Å². The number of carbonyl (C=O) groups is 1. The molecule has 3 heteroatoms. The van der Waals surface area contributed by atoms with Crippen LogP contribution in [-0.4, -0.2) is 18.3 Å². The zero-order chi connectivity index (χ0) is 12.3. The molecule has 0 aliphatic rings. The summed E-state index contributed by atoms with van der Waals surface area (Å²) in [5.41, 5.74) is 1.26. The lowest BCUT2D eigenvalue weighted by molar-refractivity contribution is -0.135. The van der Waals surface area contributed by atoms with E-state index in [1.165, 1.54) is 0 Å². The van der Waals surface area contributed by atoms with Crippen LogP contribution in [0.3, 0.4) is 0 Å². The van der Waals surface area contributed by atoms with E-state index in [2.05, 4.69) is 11.6 Å². The van der Waals surface area contributed by atoms with Crippen molar-refractivity contribution in [3.05, 3.63) is 24.4 Å². The first-order chi connectivity index (χ1) is 7.11. The normalized spacial score (nSPS) is 11.3. The van der Waals surface area contributed by atoms with Gasteiger partial charge in [0.1, 0.15) is 5.71 Å². The molecule has 3 nitrogen and oxygen atoms in total. The van der Waals surface area contributed by atoms with Gasteiger partial charge in [-0.15, -0.1) is 0 Å². The van der Waals surface area contributed by atoms with Crippen LogP contribution in [0.2, 0.25) is 0 Å². The van der Waals surface area contributed by atoms with Gasteiger partial charge in [0.15, 0.2) is 0 Å². The van der Waals surface area contributed by atoms with Crippen LogP contribution in [0, 0.1) is 0 Å². The van der Waals surface area contributed by atoms with Crippen LogP contribution in [-0.2, 0) is 9.53 Å². The lowest BCUT2D eigenvalue weighted by Crippen LogP contribution is -2.13. The predicted octanol–water partition coefficient (Wildman–Crippen LogP) is 3.13. The third-order valence-corrected chi connectivity index (χ3v) is 1.35. The zero-order valence-electron chi connectivity index (χ0n) is 10.3.